The molecule has 2 unspecified atom stereocenters. The molecule has 0 aliphatic carbocycles. The van der Waals surface area contributed by atoms with Crippen LogP contribution in [0.5, 0.6) is 0 Å². The maximum Gasteiger partial charge on any atom is 0.138 e. The van der Waals surface area contributed by atoms with Gasteiger partial charge in [0.1, 0.15) is 17.5 Å². The first-order chi connectivity index (χ1) is 18.8. The molecule has 3 heterocycles. The van der Waals surface area contributed by atoms with Gasteiger partial charge < -0.3 is 15.6 Å². The predicted molar refractivity (Wildman–Crippen MR) is 155 cm³/mol. The molecule has 0 saturated carbocycles. The van der Waals surface area contributed by atoms with E-state index in [4.69, 9.17) is 5.41 Å². The maximum atomic E-state index is 15.7. The second-order valence-electron chi connectivity index (χ2n) is 10.0. The topological polar surface area (TPSA) is 82.2 Å². The lowest BCUT2D eigenvalue weighted by Crippen LogP contribution is -2.33. The SMILES string of the molecule is CC=CC(=N)C=CC(=NC)NC(C)Cc1c(F)cc2ncc(-c3cnn(C4CCN(CCC)C4)c3)cc2c1F. The highest BCUT2D eigenvalue weighted by molar-refractivity contribution is 6.06. The number of rotatable bonds is 10. The molecule has 39 heavy (non-hydrogen) atoms. The van der Waals surface area contributed by atoms with E-state index in [0.717, 1.165) is 43.6 Å². The number of amidine groups is 1. The fourth-order valence-corrected chi connectivity index (χ4v) is 5.02. The van der Waals surface area contributed by atoms with Crippen molar-refractivity contribution in [2.24, 2.45) is 4.99 Å². The first-order valence-corrected chi connectivity index (χ1v) is 13.5. The van der Waals surface area contributed by atoms with Crippen LogP contribution in [-0.4, -0.2) is 63.9 Å². The summed E-state index contributed by atoms with van der Waals surface area (Å²) in [6.07, 6.45) is 14.5. The Bertz CT molecular complexity index is 1410. The third kappa shape index (κ3) is 6.84. The first-order valence-electron chi connectivity index (χ1n) is 13.5. The number of halogens is 2. The van der Waals surface area contributed by atoms with Crippen molar-refractivity contribution in [1.29, 1.82) is 5.41 Å². The number of pyridine rings is 1. The Kier molecular flexibility index (Phi) is 9.35. The van der Waals surface area contributed by atoms with Crippen LogP contribution in [0.3, 0.4) is 0 Å². The van der Waals surface area contributed by atoms with Gasteiger partial charge in [-0.05, 0) is 63.9 Å². The molecule has 0 amide bonds. The Labute approximate surface area is 228 Å². The number of likely N-dealkylation sites (tertiary alicyclic amines) is 1. The highest BCUT2D eigenvalue weighted by Crippen LogP contribution is 2.29. The van der Waals surface area contributed by atoms with E-state index in [2.05, 4.69) is 32.2 Å². The van der Waals surface area contributed by atoms with E-state index in [1.807, 2.05) is 24.7 Å². The molecular formula is C30H37F2N7. The number of aromatic nitrogens is 3. The van der Waals surface area contributed by atoms with Gasteiger partial charge in [-0.3, -0.25) is 14.7 Å². The van der Waals surface area contributed by atoms with Gasteiger partial charge in [-0.25, -0.2) is 8.78 Å². The van der Waals surface area contributed by atoms with Crippen molar-refractivity contribution in [1.82, 2.24) is 25.0 Å². The summed E-state index contributed by atoms with van der Waals surface area (Å²) in [5, 5.41) is 15.9. The fourth-order valence-electron chi connectivity index (χ4n) is 5.02. The summed E-state index contributed by atoms with van der Waals surface area (Å²) in [6.45, 7) is 9.01. The summed E-state index contributed by atoms with van der Waals surface area (Å²) >= 11 is 0. The monoisotopic (exact) mass is 533 g/mol. The zero-order chi connectivity index (χ0) is 27.9. The zero-order valence-corrected chi connectivity index (χ0v) is 23.1. The summed E-state index contributed by atoms with van der Waals surface area (Å²) in [6, 6.07) is 3.04. The summed E-state index contributed by atoms with van der Waals surface area (Å²) in [4.78, 5) is 11.0. The van der Waals surface area contributed by atoms with E-state index >= 15 is 4.39 Å². The molecule has 0 bridgehead atoms. The van der Waals surface area contributed by atoms with E-state index in [9.17, 15) is 4.39 Å². The molecule has 9 heteroatoms. The third-order valence-corrected chi connectivity index (χ3v) is 6.98. The van der Waals surface area contributed by atoms with E-state index in [1.165, 1.54) is 6.07 Å². The number of hydrogen-bond donors (Lipinski definition) is 2. The number of nitrogens with one attached hydrogen (secondary N) is 2. The van der Waals surface area contributed by atoms with Gasteiger partial charge >= 0.3 is 0 Å². The van der Waals surface area contributed by atoms with Crippen molar-refractivity contribution in [3.05, 3.63) is 72.2 Å². The van der Waals surface area contributed by atoms with Crippen LogP contribution in [0, 0.1) is 17.0 Å². The highest BCUT2D eigenvalue weighted by atomic mass is 19.1. The molecule has 1 aromatic carbocycles. The summed E-state index contributed by atoms with van der Waals surface area (Å²) in [7, 11) is 1.62. The first kappa shape index (κ1) is 28.3. The van der Waals surface area contributed by atoms with Gasteiger partial charge in [0.2, 0.25) is 0 Å². The minimum Gasteiger partial charge on any atom is -0.368 e. The molecule has 1 aliphatic heterocycles. The van der Waals surface area contributed by atoms with Gasteiger partial charge in [0, 0.05) is 66.7 Å². The smallest absolute Gasteiger partial charge is 0.138 e. The maximum absolute atomic E-state index is 15.7. The van der Waals surface area contributed by atoms with Gasteiger partial charge in [-0.2, -0.15) is 5.10 Å². The Morgan fingerprint density at radius 3 is 2.79 bits per heavy atom. The number of benzene rings is 1. The lowest BCUT2D eigenvalue weighted by molar-refractivity contribution is 0.319. The van der Waals surface area contributed by atoms with Gasteiger partial charge in [0.05, 0.1) is 23.5 Å². The number of nitrogens with zero attached hydrogens (tertiary/aromatic N) is 5. The minimum atomic E-state index is -0.625. The Morgan fingerprint density at radius 1 is 1.23 bits per heavy atom. The van der Waals surface area contributed by atoms with Crippen LogP contribution in [-0.2, 0) is 6.42 Å². The predicted octanol–water partition coefficient (Wildman–Crippen LogP) is 5.73. The highest BCUT2D eigenvalue weighted by Gasteiger charge is 2.24. The minimum absolute atomic E-state index is 0.000193. The molecule has 206 valence electrons. The zero-order valence-electron chi connectivity index (χ0n) is 23.1. The molecule has 1 fully saturated rings. The standard InChI is InChI=1S/C30H37F2N7/c1-5-7-23(33)8-9-29(34-4)37-20(3)13-25-27(31)15-28-26(30(25)32)14-21(16-35-28)22-17-36-39(18-22)24-10-12-38(19-24)11-6-2/h5,7-9,14-18,20,24,33H,6,10-13,19H2,1-4H3,(H,34,37). The summed E-state index contributed by atoms with van der Waals surface area (Å²) < 4.78 is 32.7. The van der Waals surface area contributed by atoms with E-state index in [-0.39, 0.29) is 28.9 Å². The van der Waals surface area contributed by atoms with Crippen LogP contribution in [0.2, 0.25) is 0 Å². The van der Waals surface area contributed by atoms with Crippen molar-refractivity contribution in [3.8, 4) is 11.1 Å². The van der Waals surface area contributed by atoms with Crippen LogP contribution in [0.25, 0.3) is 22.0 Å². The lowest BCUT2D eigenvalue weighted by atomic mass is 10.0. The van der Waals surface area contributed by atoms with Crippen LogP contribution in [0.1, 0.15) is 45.2 Å². The van der Waals surface area contributed by atoms with Crippen LogP contribution in [0.4, 0.5) is 8.78 Å². The van der Waals surface area contributed by atoms with Gasteiger partial charge in [-0.15, -0.1) is 0 Å². The molecule has 2 atom stereocenters. The van der Waals surface area contributed by atoms with Crippen molar-refractivity contribution in [2.45, 2.75) is 52.1 Å². The number of hydrogen-bond acceptors (Lipinski definition) is 5. The van der Waals surface area contributed by atoms with E-state index < -0.39 is 11.6 Å². The lowest BCUT2D eigenvalue weighted by Gasteiger charge is -2.17. The van der Waals surface area contributed by atoms with Crippen LogP contribution in [0.15, 0.2) is 60.0 Å². The van der Waals surface area contributed by atoms with Crippen molar-refractivity contribution >= 4 is 22.5 Å². The molecule has 4 rings (SSSR count). The molecule has 2 N–H and O–H groups in total. The Hall–Kier alpha value is -3.72. The van der Waals surface area contributed by atoms with Gasteiger partial charge in [0.25, 0.3) is 0 Å². The molecular weight excluding hydrogens is 496 g/mol. The molecule has 1 aliphatic rings. The second kappa shape index (κ2) is 12.9. The van der Waals surface area contributed by atoms with E-state index in [0.29, 0.717) is 17.6 Å². The second-order valence-corrected chi connectivity index (χ2v) is 10.0. The quantitative estimate of drug-likeness (QED) is 0.257. The molecule has 3 aromatic rings. The largest absolute Gasteiger partial charge is 0.368 e. The number of fused-ring (bicyclic) bond motifs is 1. The Morgan fingerprint density at radius 2 is 2.05 bits per heavy atom. The van der Waals surface area contributed by atoms with E-state index in [1.54, 1.807) is 49.8 Å². The molecule has 2 aromatic heterocycles. The van der Waals surface area contributed by atoms with Crippen LogP contribution < -0.4 is 5.32 Å². The fraction of sp³-hybridized carbons (Fsp3) is 0.400. The van der Waals surface area contributed by atoms with Crippen molar-refractivity contribution in [3.63, 3.8) is 0 Å². The number of aliphatic imine (C=N–C) groups is 1. The molecule has 7 nitrogen and oxygen atoms in total. The summed E-state index contributed by atoms with van der Waals surface area (Å²) in [5.41, 5.74) is 2.21. The molecule has 0 radical (unpaired) electrons. The van der Waals surface area contributed by atoms with Crippen molar-refractivity contribution < 1.29 is 8.78 Å². The molecule has 0 spiro atoms. The average Bonchev–Trinajstić information content (AvgIpc) is 3.59. The van der Waals surface area contributed by atoms with Gasteiger partial charge in [0.15, 0.2) is 0 Å². The van der Waals surface area contributed by atoms with Crippen LogP contribution >= 0.6 is 0 Å². The molecule has 1 saturated heterocycles. The average molecular weight is 534 g/mol. The Balaban J connectivity index is 1.52. The summed E-state index contributed by atoms with van der Waals surface area (Å²) in [5.74, 6) is -0.703. The number of allylic oxidation sites excluding steroid dienone is 3. The van der Waals surface area contributed by atoms with Crippen molar-refractivity contribution in [2.75, 3.05) is 26.7 Å². The van der Waals surface area contributed by atoms with Gasteiger partial charge in [-0.1, -0.05) is 13.0 Å². The normalized spacial score (nSPS) is 17.6. The third-order valence-electron chi connectivity index (χ3n) is 6.98.